The SMILES string of the molecule is COc1ccccc1C1CNCCN1C(=O)C1CC(=O)N(c2ccccc2F)C1. The van der Waals surface area contributed by atoms with Crippen LogP contribution in [-0.4, -0.2) is 50.0 Å². The van der Waals surface area contributed by atoms with Gasteiger partial charge < -0.3 is 19.9 Å². The van der Waals surface area contributed by atoms with Gasteiger partial charge in [-0.3, -0.25) is 9.59 Å². The van der Waals surface area contributed by atoms with Crippen molar-refractivity contribution in [3.8, 4) is 5.75 Å². The average molecular weight is 397 g/mol. The topological polar surface area (TPSA) is 61.9 Å². The molecule has 0 bridgehead atoms. The van der Waals surface area contributed by atoms with Crippen LogP contribution in [0.5, 0.6) is 5.75 Å². The van der Waals surface area contributed by atoms with E-state index in [1.807, 2.05) is 29.2 Å². The van der Waals surface area contributed by atoms with Gasteiger partial charge in [-0.05, 0) is 18.2 Å². The summed E-state index contributed by atoms with van der Waals surface area (Å²) in [5.74, 6) is -0.512. The Balaban J connectivity index is 1.56. The van der Waals surface area contributed by atoms with E-state index >= 15 is 0 Å². The molecule has 0 spiro atoms. The fourth-order valence-electron chi connectivity index (χ4n) is 4.20. The number of benzene rings is 2. The Morgan fingerprint density at radius 2 is 1.93 bits per heavy atom. The molecular formula is C22H24FN3O3. The van der Waals surface area contributed by atoms with Gasteiger partial charge in [0.05, 0.1) is 24.8 Å². The van der Waals surface area contributed by atoms with Crippen molar-refractivity contribution in [2.24, 2.45) is 5.92 Å². The van der Waals surface area contributed by atoms with Crippen LogP contribution >= 0.6 is 0 Å². The van der Waals surface area contributed by atoms with Crippen molar-refractivity contribution in [2.75, 3.05) is 38.2 Å². The number of para-hydroxylation sites is 2. The molecule has 0 aliphatic carbocycles. The Labute approximate surface area is 169 Å². The van der Waals surface area contributed by atoms with Crippen LogP contribution in [0.15, 0.2) is 48.5 Å². The van der Waals surface area contributed by atoms with Gasteiger partial charge in [0.15, 0.2) is 0 Å². The maximum absolute atomic E-state index is 14.2. The number of piperazine rings is 1. The Kier molecular flexibility index (Phi) is 5.49. The standard InChI is InChI=1S/C22H24FN3O3/c1-29-20-9-5-2-6-16(20)19-13-24-10-11-25(19)22(28)15-12-21(27)26(14-15)18-8-4-3-7-17(18)23/h2-9,15,19,24H,10-14H2,1H3. The van der Waals surface area contributed by atoms with Gasteiger partial charge in [-0.2, -0.15) is 0 Å². The van der Waals surface area contributed by atoms with Gasteiger partial charge in [0.1, 0.15) is 11.6 Å². The van der Waals surface area contributed by atoms with Gasteiger partial charge in [0.25, 0.3) is 0 Å². The van der Waals surface area contributed by atoms with Gasteiger partial charge in [-0.1, -0.05) is 30.3 Å². The minimum Gasteiger partial charge on any atom is -0.496 e. The number of nitrogens with zero attached hydrogens (tertiary/aromatic N) is 2. The number of halogens is 1. The van der Waals surface area contributed by atoms with Crippen LogP contribution in [0, 0.1) is 11.7 Å². The number of carbonyl (C=O) groups is 2. The molecule has 2 heterocycles. The van der Waals surface area contributed by atoms with Crippen molar-refractivity contribution in [3.63, 3.8) is 0 Å². The summed E-state index contributed by atoms with van der Waals surface area (Å²) in [5, 5.41) is 3.33. The lowest BCUT2D eigenvalue weighted by Gasteiger charge is -2.38. The van der Waals surface area contributed by atoms with Crippen molar-refractivity contribution < 1.29 is 18.7 Å². The van der Waals surface area contributed by atoms with Crippen LogP contribution in [0.25, 0.3) is 0 Å². The summed E-state index contributed by atoms with van der Waals surface area (Å²) in [6.45, 7) is 2.05. The first-order chi connectivity index (χ1) is 14.1. The number of nitrogens with one attached hydrogen (secondary N) is 1. The summed E-state index contributed by atoms with van der Waals surface area (Å²) in [7, 11) is 1.61. The van der Waals surface area contributed by atoms with Crippen molar-refractivity contribution in [1.29, 1.82) is 0 Å². The number of hydrogen-bond donors (Lipinski definition) is 1. The number of amides is 2. The first kappa shape index (κ1) is 19.4. The largest absolute Gasteiger partial charge is 0.496 e. The van der Waals surface area contributed by atoms with E-state index in [4.69, 9.17) is 4.74 Å². The lowest BCUT2D eigenvalue weighted by Crippen LogP contribution is -2.50. The van der Waals surface area contributed by atoms with Crippen LogP contribution < -0.4 is 15.0 Å². The van der Waals surface area contributed by atoms with Crippen LogP contribution in [0.4, 0.5) is 10.1 Å². The summed E-state index contributed by atoms with van der Waals surface area (Å²) >= 11 is 0. The summed E-state index contributed by atoms with van der Waals surface area (Å²) < 4.78 is 19.6. The van der Waals surface area contributed by atoms with Gasteiger partial charge in [-0.25, -0.2) is 4.39 Å². The minimum absolute atomic E-state index is 0.0744. The number of carbonyl (C=O) groups excluding carboxylic acids is 2. The smallest absolute Gasteiger partial charge is 0.228 e. The Hall–Kier alpha value is -2.93. The van der Waals surface area contributed by atoms with E-state index in [1.54, 1.807) is 25.3 Å². The van der Waals surface area contributed by atoms with E-state index in [2.05, 4.69) is 5.32 Å². The lowest BCUT2D eigenvalue weighted by molar-refractivity contribution is -0.139. The molecule has 2 amide bonds. The quantitative estimate of drug-likeness (QED) is 0.861. The Bertz CT molecular complexity index is 920. The van der Waals surface area contributed by atoms with Crippen LogP contribution in [0.2, 0.25) is 0 Å². The third-order valence-corrected chi connectivity index (χ3v) is 5.64. The second-order valence-corrected chi connectivity index (χ2v) is 7.35. The first-order valence-corrected chi connectivity index (χ1v) is 9.79. The molecule has 2 aromatic carbocycles. The first-order valence-electron chi connectivity index (χ1n) is 9.79. The van der Waals surface area contributed by atoms with Crippen LogP contribution in [-0.2, 0) is 9.59 Å². The van der Waals surface area contributed by atoms with E-state index in [9.17, 15) is 14.0 Å². The highest BCUT2D eigenvalue weighted by molar-refractivity contribution is 6.00. The molecule has 2 aliphatic heterocycles. The van der Waals surface area contributed by atoms with Gasteiger partial charge >= 0.3 is 0 Å². The van der Waals surface area contributed by atoms with E-state index in [-0.39, 0.29) is 36.5 Å². The zero-order chi connectivity index (χ0) is 20.4. The van der Waals surface area contributed by atoms with Crippen molar-refractivity contribution >= 4 is 17.5 Å². The van der Waals surface area contributed by atoms with Crippen LogP contribution in [0.1, 0.15) is 18.0 Å². The molecule has 2 fully saturated rings. The molecule has 2 atom stereocenters. The highest BCUT2D eigenvalue weighted by Gasteiger charge is 2.40. The molecule has 2 aliphatic rings. The van der Waals surface area contributed by atoms with Gasteiger partial charge in [0, 0.05) is 38.2 Å². The Morgan fingerprint density at radius 1 is 1.17 bits per heavy atom. The van der Waals surface area contributed by atoms with E-state index in [1.165, 1.54) is 11.0 Å². The fourth-order valence-corrected chi connectivity index (χ4v) is 4.20. The summed E-state index contributed by atoms with van der Waals surface area (Å²) in [6, 6.07) is 13.7. The van der Waals surface area contributed by atoms with Crippen molar-refractivity contribution in [2.45, 2.75) is 12.5 Å². The highest BCUT2D eigenvalue weighted by Crippen LogP contribution is 2.34. The highest BCUT2D eigenvalue weighted by atomic mass is 19.1. The summed E-state index contributed by atoms with van der Waals surface area (Å²) in [6.07, 6.45) is 0.0930. The third-order valence-electron chi connectivity index (χ3n) is 5.64. The number of ether oxygens (including phenoxy) is 1. The van der Waals surface area contributed by atoms with Crippen LogP contribution in [0.3, 0.4) is 0 Å². The van der Waals surface area contributed by atoms with Gasteiger partial charge in [-0.15, -0.1) is 0 Å². The predicted octanol–water partition coefficient (Wildman–Crippen LogP) is 2.36. The molecule has 7 heteroatoms. The van der Waals surface area contributed by atoms with E-state index in [0.29, 0.717) is 19.6 Å². The zero-order valence-electron chi connectivity index (χ0n) is 16.3. The molecule has 2 saturated heterocycles. The fraction of sp³-hybridized carbons (Fsp3) is 0.364. The maximum Gasteiger partial charge on any atom is 0.228 e. The molecular weight excluding hydrogens is 373 g/mol. The molecule has 1 N–H and O–H groups in total. The molecule has 2 unspecified atom stereocenters. The molecule has 0 saturated carbocycles. The normalized spacial score (nSPS) is 22.1. The van der Waals surface area contributed by atoms with E-state index in [0.717, 1.165) is 11.3 Å². The second kappa shape index (κ2) is 8.21. The van der Waals surface area contributed by atoms with Crippen molar-refractivity contribution in [1.82, 2.24) is 10.2 Å². The number of anilines is 1. The number of hydrogen-bond acceptors (Lipinski definition) is 4. The number of methoxy groups -OCH3 is 1. The van der Waals surface area contributed by atoms with E-state index < -0.39 is 11.7 Å². The molecule has 0 radical (unpaired) electrons. The second-order valence-electron chi connectivity index (χ2n) is 7.35. The summed E-state index contributed by atoms with van der Waals surface area (Å²) in [4.78, 5) is 29.1. The predicted molar refractivity (Wildman–Crippen MR) is 107 cm³/mol. The monoisotopic (exact) mass is 397 g/mol. The van der Waals surface area contributed by atoms with Crippen molar-refractivity contribution in [3.05, 3.63) is 59.9 Å². The molecule has 6 nitrogen and oxygen atoms in total. The molecule has 4 rings (SSSR count). The molecule has 0 aromatic heterocycles. The minimum atomic E-state index is -0.489. The molecule has 2 aromatic rings. The zero-order valence-corrected chi connectivity index (χ0v) is 16.3. The summed E-state index contributed by atoms with van der Waals surface area (Å²) in [5.41, 5.74) is 1.17. The molecule has 152 valence electrons. The number of rotatable bonds is 4. The lowest BCUT2D eigenvalue weighted by atomic mass is 9.99. The Morgan fingerprint density at radius 3 is 2.72 bits per heavy atom. The molecule has 29 heavy (non-hydrogen) atoms. The third kappa shape index (κ3) is 3.70. The average Bonchev–Trinajstić information content (AvgIpc) is 3.15. The van der Waals surface area contributed by atoms with Gasteiger partial charge in [0.2, 0.25) is 11.8 Å². The maximum atomic E-state index is 14.2.